The third kappa shape index (κ3) is 6.06. The Bertz CT molecular complexity index is 1170. The standard InChI is InChI=1S/C25H22F3NO5/c1-16(2)29(24(32)21-4-3-13-33-21)20-11-10-19(25(26,27)28)14-22(20)34-15-18-7-5-17(6-8-18)9-12-23(30)31/h3-14,16H,15H2,1-2H3,(H,30,31)/b12-9+. The quantitative estimate of drug-likeness (QED) is 0.404. The summed E-state index contributed by atoms with van der Waals surface area (Å²) in [6.07, 6.45) is -0.844. The molecule has 34 heavy (non-hydrogen) atoms. The molecule has 0 aliphatic heterocycles. The average molecular weight is 473 g/mol. The number of aliphatic carboxylic acids is 1. The van der Waals surface area contributed by atoms with Crippen LogP contribution in [0.2, 0.25) is 0 Å². The number of halogens is 3. The van der Waals surface area contributed by atoms with Crippen molar-refractivity contribution in [3.63, 3.8) is 0 Å². The van der Waals surface area contributed by atoms with E-state index in [9.17, 15) is 22.8 Å². The highest BCUT2D eigenvalue weighted by Crippen LogP contribution is 2.38. The number of carboxylic acid groups (broad SMARTS) is 1. The van der Waals surface area contributed by atoms with Crippen LogP contribution in [0.3, 0.4) is 0 Å². The van der Waals surface area contributed by atoms with Crippen molar-refractivity contribution in [1.82, 2.24) is 0 Å². The van der Waals surface area contributed by atoms with Crippen LogP contribution in [0.5, 0.6) is 5.75 Å². The third-order valence-corrected chi connectivity index (χ3v) is 4.81. The average Bonchev–Trinajstić information content (AvgIpc) is 3.32. The van der Waals surface area contributed by atoms with Crippen LogP contribution in [0.25, 0.3) is 6.08 Å². The lowest BCUT2D eigenvalue weighted by atomic mass is 10.1. The molecule has 3 aromatic rings. The van der Waals surface area contributed by atoms with Gasteiger partial charge in [-0.1, -0.05) is 24.3 Å². The van der Waals surface area contributed by atoms with E-state index in [-0.39, 0.29) is 23.8 Å². The van der Waals surface area contributed by atoms with Crippen LogP contribution in [0.1, 0.15) is 41.1 Å². The first-order valence-corrected chi connectivity index (χ1v) is 10.3. The number of amides is 1. The van der Waals surface area contributed by atoms with Gasteiger partial charge in [-0.15, -0.1) is 0 Å². The fourth-order valence-corrected chi connectivity index (χ4v) is 3.20. The number of alkyl halides is 3. The molecule has 0 bridgehead atoms. The monoisotopic (exact) mass is 473 g/mol. The maximum atomic E-state index is 13.4. The van der Waals surface area contributed by atoms with Gasteiger partial charge in [-0.2, -0.15) is 13.2 Å². The zero-order chi connectivity index (χ0) is 24.9. The van der Waals surface area contributed by atoms with Crippen molar-refractivity contribution in [3.05, 3.63) is 89.4 Å². The summed E-state index contributed by atoms with van der Waals surface area (Å²) >= 11 is 0. The van der Waals surface area contributed by atoms with E-state index in [4.69, 9.17) is 14.3 Å². The molecule has 1 N–H and O–H groups in total. The summed E-state index contributed by atoms with van der Waals surface area (Å²) in [6, 6.07) is 12.2. The lowest BCUT2D eigenvalue weighted by Crippen LogP contribution is -2.37. The third-order valence-electron chi connectivity index (χ3n) is 4.81. The van der Waals surface area contributed by atoms with Gasteiger partial charge in [0, 0.05) is 12.1 Å². The minimum absolute atomic E-state index is 0.0459. The van der Waals surface area contributed by atoms with Crippen LogP contribution in [0.4, 0.5) is 18.9 Å². The number of ether oxygens (including phenoxy) is 1. The fourth-order valence-electron chi connectivity index (χ4n) is 3.20. The largest absolute Gasteiger partial charge is 0.487 e. The van der Waals surface area contributed by atoms with Crippen molar-refractivity contribution >= 4 is 23.6 Å². The molecule has 1 amide bonds. The number of hydrogen-bond donors (Lipinski definition) is 1. The molecule has 2 aromatic carbocycles. The Hall–Kier alpha value is -4.01. The van der Waals surface area contributed by atoms with E-state index in [1.165, 1.54) is 29.4 Å². The van der Waals surface area contributed by atoms with Gasteiger partial charge in [0.05, 0.1) is 17.5 Å². The molecule has 0 spiro atoms. The van der Waals surface area contributed by atoms with Gasteiger partial charge in [-0.3, -0.25) is 9.69 Å². The molecular weight excluding hydrogens is 451 g/mol. The van der Waals surface area contributed by atoms with Gasteiger partial charge < -0.3 is 14.3 Å². The molecule has 1 heterocycles. The molecule has 0 saturated carbocycles. The molecule has 9 heteroatoms. The Morgan fingerprint density at radius 1 is 1.12 bits per heavy atom. The summed E-state index contributed by atoms with van der Waals surface area (Å²) in [5.74, 6) is -1.66. The summed E-state index contributed by atoms with van der Waals surface area (Å²) in [5, 5.41) is 8.71. The highest BCUT2D eigenvalue weighted by atomic mass is 19.4. The van der Waals surface area contributed by atoms with Gasteiger partial charge in [0.25, 0.3) is 5.91 Å². The Morgan fingerprint density at radius 3 is 2.38 bits per heavy atom. The fraction of sp³-hybridized carbons (Fsp3) is 0.200. The molecule has 0 fully saturated rings. The lowest BCUT2D eigenvalue weighted by Gasteiger charge is -2.28. The number of anilines is 1. The van der Waals surface area contributed by atoms with Gasteiger partial charge in [0.15, 0.2) is 5.76 Å². The molecule has 0 aliphatic carbocycles. The van der Waals surface area contributed by atoms with Crippen LogP contribution in [-0.4, -0.2) is 23.0 Å². The van der Waals surface area contributed by atoms with Crippen LogP contribution in [0, 0.1) is 0 Å². The molecule has 1 aromatic heterocycles. The molecular formula is C25H22F3NO5. The van der Waals surface area contributed by atoms with Crippen molar-refractivity contribution in [1.29, 1.82) is 0 Å². The molecule has 6 nitrogen and oxygen atoms in total. The van der Waals surface area contributed by atoms with Crippen LogP contribution in [0.15, 0.2) is 71.4 Å². The first-order valence-electron chi connectivity index (χ1n) is 10.3. The van der Waals surface area contributed by atoms with Gasteiger partial charge >= 0.3 is 12.1 Å². The van der Waals surface area contributed by atoms with Gasteiger partial charge in [0.2, 0.25) is 0 Å². The van der Waals surface area contributed by atoms with Crippen LogP contribution in [-0.2, 0) is 17.6 Å². The maximum Gasteiger partial charge on any atom is 0.416 e. The Kier molecular flexibility index (Phi) is 7.45. The summed E-state index contributed by atoms with van der Waals surface area (Å²) in [4.78, 5) is 25.0. The number of benzene rings is 2. The minimum Gasteiger partial charge on any atom is -0.487 e. The topological polar surface area (TPSA) is 80.0 Å². The second-order valence-electron chi connectivity index (χ2n) is 7.63. The van der Waals surface area contributed by atoms with Gasteiger partial charge in [-0.05, 0) is 61.4 Å². The molecule has 0 atom stereocenters. The van der Waals surface area contributed by atoms with E-state index in [0.717, 1.165) is 18.2 Å². The first-order chi connectivity index (χ1) is 16.1. The number of hydrogen-bond acceptors (Lipinski definition) is 4. The summed E-state index contributed by atoms with van der Waals surface area (Å²) in [5.41, 5.74) is 0.546. The second-order valence-corrected chi connectivity index (χ2v) is 7.63. The highest BCUT2D eigenvalue weighted by Gasteiger charge is 2.33. The van der Waals surface area contributed by atoms with Crippen LogP contribution >= 0.6 is 0 Å². The van der Waals surface area contributed by atoms with Gasteiger partial charge in [0.1, 0.15) is 12.4 Å². The van der Waals surface area contributed by atoms with E-state index in [1.54, 1.807) is 44.2 Å². The van der Waals surface area contributed by atoms with Gasteiger partial charge in [-0.25, -0.2) is 4.79 Å². The number of carbonyl (C=O) groups is 2. The molecule has 0 radical (unpaired) electrons. The Labute approximate surface area is 193 Å². The predicted molar refractivity (Wildman–Crippen MR) is 120 cm³/mol. The zero-order valence-corrected chi connectivity index (χ0v) is 18.4. The predicted octanol–water partition coefficient (Wildman–Crippen LogP) is 6.03. The highest BCUT2D eigenvalue weighted by molar-refractivity contribution is 6.05. The smallest absolute Gasteiger partial charge is 0.416 e. The summed E-state index contributed by atoms with van der Waals surface area (Å²) < 4.78 is 51.1. The second kappa shape index (κ2) is 10.3. The van der Waals surface area contributed by atoms with E-state index in [0.29, 0.717) is 11.1 Å². The minimum atomic E-state index is -4.59. The normalized spacial score (nSPS) is 11.7. The molecule has 0 unspecified atom stereocenters. The van der Waals surface area contributed by atoms with E-state index >= 15 is 0 Å². The number of nitrogens with zero attached hydrogens (tertiary/aromatic N) is 1. The summed E-state index contributed by atoms with van der Waals surface area (Å²) in [6.45, 7) is 3.38. The van der Waals surface area contributed by atoms with E-state index in [1.807, 2.05) is 0 Å². The van der Waals surface area contributed by atoms with Crippen molar-refractivity contribution in [2.75, 3.05) is 4.90 Å². The Balaban J connectivity index is 1.92. The maximum absolute atomic E-state index is 13.4. The number of carbonyl (C=O) groups excluding carboxylic acids is 1. The van der Waals surface area contributed by atoms with Crippen LogP contribution < -0.4 is 9.64 Å². The first kappa shape index (κ1) is 24.6. The summed E-state index contributed by atoms with van der Waals surface area (Å²) in [7, 11) is 0. The zero-order valence-electron chi connectivity index (χ0n) is 18.4. The van der Waals surface area contributed by atoms with E-state index < -0.39 is 29.7 Å². The molecule has 178 valence electrons. The molecule has 0 aliphatic rings. The number of furan rings is 1. The van der Waals surface area contributed by atoms with Crippen molar-refractivity contribution in [2.45, 2.75) is 32.7 Å². The SMILES string of the molecule is CC(C)N(C(=O)c1ccco1)c1ccc(C(F)(F)F)cc1OCc1ccc(/C=C/C(=O)O)cc1. The number of rotatable bonds is 8. The van der Waals surface area contributed by atoms with Crippen molar-refractivity contribution in [3.8, 4) is 5.75 Å². The van der Waals surface area contributed by atoms with Crippen molar-refractivity contribution < 1.29 is 37.0 Å². The Morgan fingerprint density at radius 2 is 1.82 bits per heavy atom. The van der Waals surface area contributed by atoms with Crippen molar-refractivity contribution in [2.24, 2.45) is 0 Å². The lowest BCUT2D eigenvalue weighted by molar-refractivity contribution is -0.137. The molecule has 3 rings (SSSR count). The molecule has 0 saturated heterocycles. The number of carboxylic acids is 1. The van der Waals surface area contributed by atoms with E-state index in [2.05, 4.69) is 0 Å².